The molecule has 0 atom stereocenters. The zero-order valence-corrected chi connectivity index (χ0v) is 18.9. The van der Waals surface area contributed by atoms with Crippen molar-refractivity contribution >= 4 is 84.8 Å². The maximum atomic E-state index is 12.4. The summed E-state index contributed by atoms with van der Waals surface area (Å²) in [6.45, 7) is 0. The largest absolute Gasteiger partial charge is 0.496 e. The Bertz CT molecular complexity index is 1090. The molecule has 10 heteroatoms. The monoisotopic (exact) mass is 545 g/mol. The van der Waals surface area contributed by atoms with E-state index in [1.165, 1.54) is 11.3 Å². The SMILES string of the molecule is COc1ccc(C(=O)NNC(=S)NC(=O)c2sc3ccccc3c2Cl)cc1I. The van der Waals surface area contributed by atoms with Crippen LogP contribution in [-0.4, -0.2) is 24.0 Å². The molecule has 0 fully saturated rings. The van der Waals surface area contributed by atoms with Gasteiger partial charge in [0.15, 0.2) is 5.11 Å². The maximum absolute atomic E-state index is 12.4. The minimum atomic E-state index is -0.447. The second kappa shape index (κ2) is 9.03. The Balaban J connectivity index is 1.60. The molecule has 0 saturated carbocycles. The zero-order chi connectivity index (χ0) is 20.3. The average molecular weight is 546 g/mol. The molecule has 1 heterocycles. The van der Waals surface area contributed by atoms with Gasteiger partial charge in [-0.05, 0) is 59.1 Å². The van der Waals surface area contributed by atoms with Gasteiger partial charge in [0.2, 0.25) is 0 Å². The molecule has 0 aliphatic heterocycles. The molecule has 0 bridgehead atoms. The molecule has 0 saturated heterocycles. The first kappa shape index (κ1) is 20.8. The number of hydrogen-bond donors (Lipinski definition) is 3. The molecule has 0 radical (unpaired) electrons. The molecule has 3 N–H and O–H groups in total. The van der Waals surface area contributed by atoms with Gasteiger partial charge in [-0.2, -0.15) is 0 Å². The third-order valence-corrected chi connectivity index (χ3v) is 6.39. The molecule has 3 rings (SSSR count). The van der Waals surface area contributed by atoms with Crippen LogP contribution >= 0.6 is 57.7 Å². The van der Waals surface area contributed by atoms with E-state index in [0.29, 0.717) is 21.2 Å². The van der Waals surface area contributed by atoms with E-state index in [2.05, 4.69) is 38.8 Å². The highest BCUT2D eigenvalue weighted by molar-refractivity contribution is 14.1. The number of fused-ring (bicyclic) bond motifs is 1. The molecule has 0 unspecified atom stereocenters. The first-order valence-electron chi connectivity index (χ1n) is 7.83. The highest BCUT2D eigenvalue weighted by Crippen LogP contribution is 2.34. The Kier molecular flexibility index (Phi) is 6.70. The number of rotatable bonds is 3. The van der Waals surface area contributed by atoms with E-state index in [4.69, 9.17) is 28.6 Å². The third kappa shape index (κ3) is 4.54. The van der Waals surface area contributed by atoms with Gasteiger partial charge in [-0.3, -0.25) is 25.8 Å². The summed E-state index contributed by atoms with van der Waals surface area (Å²) in [5.41, 5.74) is 5.37. The summed E-state index contributed by atoms with van der Waals surface area (Å²) in [6, 6.07) is 12.4. The second-order valence-corrected chi connectivity index (χ2v) is 8.45. The Morgan fingerprint density at radius 2 is 1.89 bits per heavy atom. The molecule has 0 spiro atoms. The Morgan fingerprint density at radius 3 is 2.57 bits per heavy atom. The number of nitrogens with one attached hydrogen (secondary N) is 3. The van der Waals surface area contributed by atoms with Gasteiger partial charge in [-0.25, -0.2) is 0 Å². The van der Waals surface area contributed by atoms with E-state index in [1.807, 2.05) is 24.3 Å². The van der Waals surface area contributed by atoms with E-state index in [-0.39, 0.29) is 5.11 Å². The fraction of sp³-hybridized carbons (Fsp3) is 0.0556. The maximum Gasteiger partial charge on any atom is 0.269 e. The van der Waals surface area contributed by atoms with E-state index in [1.54, 1.807) is 25.3 Å². The predicted octanol–water partition coefficient (Wildman–Crippen LogP) is 4.12. The Labute approximate surface area is 188 Å². The lowest BCUT2D eigenvalue weighted by Crippen LogP contribution is -2.48. The van der Waals surface area contributed by atoms with Crippen molar-refractivity contribution in [2.45, 2.75) is 0 Å². The lowest BCUT2D eigenvalue weighted by atomic mass is 10.2. The van der Waals surface area contributed by atoms with Crippen LogP contribution in [0.1, 0.15) is 20.0 Å². The number of hydrazine groups is 1. The summed E-state index contributed by atoms with van der Waals surface area (Å²) in [4.78, 5) is 25.0. The van der Waals surface area contributed by atoms with Crippen molar-refractivity contribution in [2.75, 3.05) is 7.11 Å². The summed E-state index contributed by atoms with van der Waals surface area (Å²) >= 11 is 14.7. The average Bonchev–Trinajstić information content (AvgIpc) is 3.03. The van der Waals surface area contributed by atoms with Gasteiger partial charge >= 0.3 is 0 Å². The minimum absolute atomic E-state index is 0.0462. The molecule has 2 amide bonds. The van der Waals surface area contributed by atoms with Gasteiger partial charge in [0.25, 0.3) is 11.8 Å². The fourth-order valence-electron chi connectivity index (χ4n) is 2.34. The smallest absolute Gasteiger partial charge is 0.269 e. The van der Waals surface area contributed by atoms with Crippen molar-refractivity contribution in [1.82, 2.24) is 16.2 Å². The fourth-order valence-corrected chi connectivity index (χ4v) is 4.64. The highest BCUT2D eigenvalue weighted by Gasteiger charge is 2.18. The van der Waals surface area contributed by atoms with Gasteiger partial charge in [0.1, 0.15) is 10.6 Å². The van der Waals surface area contributed by atoms with Gasteiger partial charge in [0, 0.05) is 15.6 Å². The predicted molar refractivity (Wildman–Crippen MR) is 123 cm³/mol. The lowest BCUT2D eigenvalue weighted by Gasteiger charge is -2.11. The number of hydrogen-bond acceptors (Lipinski definition) is 5. The summed E-state index contributed by atoms with van der Waals surface area (Å²) < 4.78 is 6.86. The molecule has 3 aromatic rings. The quantitative estimate of drug-likeness (QED) is 0.262. The van der Waals surface area contributed by atoms with Gasteiger partial charge in [0.05, 0.1) is 15.7 Å². The van der Waals surface area contributed by atoms with Crippen molar-refractivity contribution in [3.63, 3.8) is 0 Å². The number of carbonyl (C=O) groups excluding carboxylic acids is 2. The molecule has 1 aromatic heterocycles. The van der Waals surface area contributed by atoms with Crippen LogP contribution in [0.25, 0.3) is 10.1 Å². The van der Waals surface area contributed by atoms with Crippen LogP contribution in [0.5, 0.6) is 5.75 Å². The molecule has 2 aromatic carbocycles. The van der Waals surface area contributed by atoms with Crippen molar-refractivity contribution < 1.29 is 14.3 Å². The van der Waals surface area contributed by atoms with Crippen molar-refractivity contribution in [3.8, 4) is 5.75 Å². The van der Waals surface area contributed by atoms with Gasteiger partial charge < -0.3 is 4.74 Å². The summed E-state index contributed by atoms with van der Waals surface area (Å²) in [7, 11) is 1.56. The summed E-state index contributed by atoms with van der Waals surface area (Å²) in [6.07, 6.45) is 0. The summed E-state index contributed by atoms with van der Waals surface area (Å²) in [5, 5.41) is 3.64. The molecular formula is C18H13ClIN3O3S2. The van der Waals surface area contributed by atoms with E-state index in [0.717, 1.165) is 13.7 Å². The normalized spacial score (nSPS) is 10.4. The van der Waals surface area contributed by atoms with E-state index >= 15 is 0 Å². The van der Waals surface area contributed by atoms with Crippen LogP contribution < -0.4 is 20.9 Å². The number of thiocarbonyl (C=S) groups is 1. The van der Waals surface area contributed by atoms with Gasteiger partial charge in [-0.1, -0.05) is 29.8 Å². The molecule has 6 nitrogen and oxygen atoms in total. The number of amides is 2. The second-order valence-electron chi connectivity index (χ2n) is 5.45. The van der Waals surface area contributed by atoms with Crippen LogP contribution in [0.2, 0.25) is 5.02 Å². The lowest BCUT2D eigenvalue weighted by molar-refractivity contribution is 0.0935. The Morgan fingerprint density at radius 1 is 1.14 bits per heavy atom. The Hall–Kier alpha value is -1.95. The molecular weight excluding hydrogens is 533 g/mol. The first-order valence-corrected chi connectivity index (χ1v) is 10.5. The van der Waals surface area contributed by atoms with Crippen LogP contribution in [0.3, 0.4) is 0 Å². The van der Waals surface area contributed by atoms with Crippen molar-refractivity contribution in [2.24, 2.45) is 0 Å². The molecule has 0 aliphatic carbocycles. The molecule has 144 valence electrons. The number of methoxy groups -OCH3 is 1. The minimum Gasteiger partial charge on any atom is -0.496 e. The number of halogens is 2. The van der Waals surface area contributed by atoms with Crippen LogP contribution in [0.4, 0.5) is 0 Å². The summed E-state index contributed by atoms with van der Waals surface area (Å²) in [5.74, 6) is -0.179. The van der Waals surface area contributed by atoms with Gasteiger partial charge in [-0.15, -0.1) is 11.3 Å². The van der Waals surface area contributed by atoms with Crippen molar-refractivity contribution in [3.05, 3.63) is 61.5 Å². The number of thiophene rings is 1. The standard InChI is InChI=1S/C18H13ClIN3O3S2/c1-26-12-7-6-9(8-11(12)20)16(24)22-23-18(27)21-17(25)15-14(19)10-4-2-3-5-13(10)28-15/h2-8H,1H3,(H,22,24)(H2,21,23,25,27). The third-order valence-electron chi connectivity index (χ3n) is 3.67. The number of ether oxygens (including phenoxy) is 1. The topological polar surface area (TPSA) is 79.5 Å². The number of carbonyl (C=O) groups is 2. The van der Waals surface area contributed by atoms with Crippen LogP contribution in [0.15, 0.2) is 42.5 Å². The van der Waals surface area contributed by atoms with Crippen LogP contribution in [0, 0.1) is 3.57 Å². The zero-order valence-electron chi connectivity index (χ0n) is 14.3. The number of benzene rings is 2. The molecule has 0 aliphatic rings. The highest BCUT2D eigenvalue weighted by atomic mass is 127. The van der Waals surface area contributed by atoms with Crippen LogP contribution in [-0.2, 0) is 0 Å². The van der Waals surface area contributed by atoms with E-state index < -0.39 is 11.8 Å². The van der Waals surface area contributed by atoms with E-state index in [9.17, 15) is 9.59 Å². The first-order chi connectivity index (χ1) is 13.4. The molecule has 28 heavy (non-hydrogen) atoms. The van der Waals surface area contributed by atoms with Crippen molar-refractivity contribution in [1.29, 1.82) is 0 Å².